The predicted molar refractivity (Wildman–Crippen MR) is 141 cm³/mol. The highest BCUT2D eigenvalue weighted by molar-refractivity contribution is 7.46. The predicted octanol–water partition coefficient (Wildman–Crippen LogP) is -2.84. The molecule has 0 bridgehead atoms. The molecule has 1 atom stereocenters. The van der Waals surface area contributed by atoms with Gasteiger partial charge in [-0.15, -0.1) is 5.10 Å². The number of aryl methyl sites for hydroxylation is 1. The van der Waals surface area contributed by atoms with Crippen LogP contribution in [0.25, 0.3) is 0 Å². The van der Waals surface area contributed by atoms with Crippen LogP contribution < -0.4 is 0 Å². The third kappa shape index (κ3) is 15.9. The molecule has 41 heavy (non-hydrogen) atoms. The van der Waals surface area contributed by atoms with Crippen molar-refractivity contribution in [1.29, 1.82) is 0 Å². The Morgan fingerprint density at radius 2 is 1.24 bits per heavy atom. The molecule has 2 heterocycles. The zero-order chi connectivity index (χ0) is 30.4. The number of hydrogen-bond donors (Lipinski definition) is 6. The first kappa shape index (κ1) is 34.7. The number of carboxylic acid groups (broad SMARTS) is 3. The van der Waals surface area contributed by atoms with Crippen LogP contribution in [-0.4, -0.2) is 174 Å². The molecule has 2 rings (SSSR count). The first-order chi connectivity index (χ1) is 19.3. The zero-order valence-corrected chi connectivity index (χ0v) is 23.7. The van der Waals surface area contributed by atoms with Gasteiger partial charge in [0.1, 0.15) is 0 Å². The van der Waals surface area contributed by atoms with Gasteiger partial charge in [-0.1, -0.05) is 5.21 Å². The van der Waals surface area contributed by atoms with E-state index in [-0.39, 0.29) is 39.3 Å². The van der Waals surface area contributed by atoms with Crippen molar-refractivity contribution in [2.75, 3.05) is 85.1 Å². The van der Waals surface area contributed by atoms with E-state index in [9.17, 15) is 39.4 Å². The average molecular weight is 610 g/mol. The number of phosphoric ester groups is 1. The number of rotatable bonds is 15. The van der Waals surface area contributed by atoms with Gasteiger partial charge < -0.3 is 30.2 Å². The molecule has 0 aliphatic carbocycles. The second-order valence-corrected chi connectivity index (χ2v) is 11.1. The highest BCUT2D eigenvalue weighted by atomic mass is 31.2. The van der Waals surface area contributed by atoms with Crippen molar-refractivity contribution in [2.45, 2.75) is 25.5 Å². The lowest BCUT2D eigenvalue weighted by Gasteiger charge is -2.33. The summed E-state index contributed by atoms with van der Waals surface area (Å²) in [7, 11) is -4.53. The number of carbonyl (C=O) groups is 3. The van der Waals surface area contributed by atoms with Crippen LogP contribution in [0.4, 0.5) is 0 Å². The lowest BCUT2D eigenvalue weighted by atomic mass is 10.2. The maximum Gasteiger partial charge on any atom is 0.469 e. The summed E-state index contributed by atoms with van der Waals surface area (Å²) in [6, 6.07) is 0. The third-order valence-corrected chi connectivity index (χ3v) is 6.81. The van der Waals surface area contributed by atoms with E-state index < -0.39 is 31.8 Å². The van der Waals surface area contributed by atoms with Gasteiger partial charge in [0, 0.05) is 65.1 Å². The number of hydrogen-bond acceptors (Lipinski definition) is 12. The van der Waals surface area contributed by atoms with E-state index in [1.807, 2.05) is 4.90 Å². The zero-order valence-electron chi connectivity index (χ0n) is 22.8. The minimum Gasteiger partial charge on any atom is -0.480 e. The number of aliphatic hydroxyl groups is 1. The molecule has 6 N–H and O–H groups in total. The molecule has 1 fully saturated rings. The van der Waals surface area contributed by atoms with Crippen molar-refractivity contribution in [3.05, 3.63) is 11.9 Å². The highest BCUT2D eigenvalue weighted by Crippen LogP contribution is 2.35. The Morgan fingerprint density at radius 1 is 0.805 bits per heavy atom. The summed E-state index contributed by atoms with van der Waals surface area (Å²) in [6.07, 6.45) is 1.41. The van der Waals surface area contributed by atoms with Crippen LogP contribution in [0.15, 0.2) is 6.20 Å². The standard InChI is InChI=1S/C22H40N7O11P/c30-19(14-29-12-18(23-24-29)2-1-11-40-41(37,38)39)13-25-3-5-26(15-20(31)32)7-9-28(17-22(35)36)10-8-27(6-4-25)16-21(33)34/h12,19,30H,1-11,13-17H2,(H,31,32)(H,33,34)(H,35,36)(H2,37,38,39). The molecule has 19 heteroatoms. The Morgan fingerprint density at radius 3 is 1.66 bits per heavy atom. The summed E-state index contributed by atoms with van der Waals surface area (Å²) in [6.45, 7) is 2.06. The number of β-amino-alcohol motifs (C(OH)–C–C–N with tert-alkyl or cyclic N) is 1. The fourth-order valence-corrected chi connectivity index (χ4v) is 4.73. The number of phosphoric acid groups is 1. The molecule has 1 aliphatic heterocycles. The average Bonchev–Trinajstić information content (AvgIpc) is 3.28. The second-order valence-electron chi connectivity index (χ2n) is 9.82. The smallest absolute Gasteiger partial charge is 0.469 e. The molecule has 1 unspecified atom stereocenters. The molecular formula is C22H40N7O11P. The van der Waals surface area contributed by atoms with E-state index in [4.69, 9.17) is 9.79 Å². The highest BCUT2D eigenvalue weighted by Gasteiger charge is 2.21. The van der Waals surface area contributed by atoms with Gasteiger partial charge in [0.05, 0.1) is 44.6 Å². The molecule has 18 nitrogen and oxygen atoms in total. The summed E-state index contributed by atoms with van der Waals surface area (Å²) in [4.78, 5) is 58.6. The van der Waals surface area contributed by atoms with E-state index in [1.54, 1.807) is 20.9 Å². The number of carboxylic acids is 3. The van der Waals surface area contributed by atoms with E-state index in [0.29, 0.717) is 70.9 Å². The molecular weight excluding hydrogens is 569 g/mol. The van der Waals surface area contributed by atoms with Gasteiger partial charge in [0.25, 0.3) is 0 Å². The second kappa shape index (κ2) is 17.4. The first-order valence-corrected chi connectivity index (χ1v) is 14.6. The molecule has 0 amide bonds. The Hall–Kier alpha value is -2.54. The van der Waals surface area contributed by atoms with Gasteiger partial charge in [-0.2, -0.15) is 0 Å². The maximum absolute atomic E-state index is 11.4. The lowest BCUT2D eigenvalue weighted by Crippen LogP contribution is -2.49. The molecule has 0 spiro atoms. The molecule has 1 aromatic rings. The minimum atomic E-state index is -4.53. The van der Waals surface area contributed by atoms with Crippen LogP contribution in [0.5, 0.6) is 0 Å². The summed E-state index contributed by atoms with van der Waals surface area (Å²) in [5, 5.41) is 46.7. The maximum atomic E-state index is 11.4. The topological polar surface area (TPSA) is 243 Å². The number of aliphatic hydroxyl groups excluding tert-OH is 1. The molecule has 0 radical (unpaired) electrons. The molecule has 1 aromatic heterocycles. The number of aliphatic carboxylic acids is 3. The van der Waals surface area contributed by atoms with Crippen LogP contribution in [0, 0.1) is 0 Å². The van der Waals surface area contributed by atoms with Gasteiger partial charge in [0.2, 0.25) is 0 Å². The van der Waals surface area contributed by atoms with Crippen LogP contribution in [-0.2, 0) is 36.4 Å². The SMILES string of the molecule is O=C(O)CN1CCN(CC(=O)O)CCN(CC(O)Cn2cc(CCCOP(=O)(O)O)nn2)CCN(CC(=O)O)CC1. The van der Waals surface area contributed by atoms with E-state index in [1.165, 1.54) is 4.68 Å². The van der Waals surface area contributed by atoms with Gasteiger partial charge in [0.15, 0.2) is 0 Å². The van der Waals surface area contributed by atoms with E-state index >= 15 is 0 Å². The Bertz CT molecular complexity index is 992. The fourth-order valence-electron chi connectivity index (χ4n) is 4.36. The van der Waals surface area contributed by atoms with E-state index in [2.05, 4.69) is 14.8 Å². The lowest BCUT2D eigenvalue weighted by molar-refractivity contribution is -0.140. The van der Waals surface area contributed by atoms with Crippen molar-refractivity contribution in [2.24, 2.45) is 0 Å². The Labute approximate surface area is 236 Å². The van der Waals surface area contributed by atoms with Gasteiger partial charge in [-0.05, 0) is 12.8 Å². The largest absolute Gasteiger partial charge is 0.480 e. The van der Waals surface area contributed by atoms with Crippen LogP contribution in [0.2, 0.25) is 0 Å². The Balaban J connectivity index is 2.01. The third-order valence-electron chi connectivity index (χ3n) is 6.30. The number of nitrogens with zero attached hydrogens (tertiary/aromatic N) is 7. The van der Waals surface area contributed by atoms with Crippen molar-refractivity contribution < 1.29 is 53.7 Å². The minimum absolute atomic E-state index is 0.101. The number of aromatic nitrogens is 3. The summed E-state index contributed by atoms with van der Waals surface area (Å²) in [5.74, 6) is -3.06. The van der Waals surface area contributed by atoms with Crippen LogP contribution >= 0.6 is 7.82 Å². The summed E-state index contributed by atoms with van der Waals surface area (Å²) < 4.78 is 16.6. The van der Waals surface area contributed by atoms with Crippen molar-refractivity contribution in [1.82, 2.24) is 34.6 Å². The summed E-state index contributed by atoms with van der Waals surface area (Å²) >= 11 is 0. The van der Waals surface area contributed by atoms with Gasteiger partial charge in [-0.3, -0.25) is 38.5 Å². The first-order valence-electron chi connectivity index (χ1n) is 13.1. The molecule has 1 aliphatic rings. The van der Waals surface area contributed by atoms with Gasteiger partial charge >= 0.3 is 25.7 Å². The van der Waals surface area contributed by atoms with Crippen molar-refractivity contribution >= 4 is 25.7 Å². The quantitative estimate of drug-likeness (QED) is 0.0866. The fraction of sp³-hybridized carbons (Fsp3) is 0.773. The van der Waals surface area contributed by atoms with E-state index in [0.717, 1.165) is 0 Å². The Kier molecular flexibility index (Phi) is 14.7. The normalized spacial score (nSPS) is 18.4. The molecule has 0 aromatic carbocycles. The van der Waals surface area contributed by atoms with Crippen molar-refractivity contribution in [3.63, 3.8) is 0 Å². The summed E-state index contributed by atoms with van der Waals surface area (Å²) in [5.41, 5.74) is 0.559. The van der Waals surface area contributed by atoms with Crippen LogP contribution in [0.1, 0.15) is 12.1 Å². The monoisotopic (exact) mass is 609 g/mol. The van der Waals surface area contributed by atoms with Crippen molar-refractivity contribution in [3.8, 4) is 0 Å². The molecule has 1 saturated heterocycles. The molecule has 0 saturated carbocycles. The van der Waals surface area contributed by atoms with Gasteiger partial charge in [-0.25, -0.2) is 9.25 Å². The van der Waals surface area contributed by atoms with Crippen LogP contribution in [0.3, 0.4) is 0 Å². The molecule has 234 valence electrons.